The SMILES string of the molecule is COCCCCCNC(=NCc1ccccc1)N(C)C. The van der Waals surface area contributed by atoms with Gasteiger partial charge in [0.25, 0.3) is 0 Å². The number of benzene rings is 1. The van der Waals surface area contributed by atoms with Crippen molar-refractivity contribution in [2.24, 2.45) is 4.99 Å². The molecule has 0 aromatic heterocycles. The van der Waals surface area contributed by atoms with Crippen molar-refractivity contribution in [3.8, 4) is 0 Å². The maximum absolute atomic E-state index is 5.04. The van der Waals surface area contributed by atoms with Crippen LogP contribution in [0.15, 0.2) is 35.3 Å². The van der Waals surface area contributed by atoms with Crippen LogP contribution in [0, 0.1) is 0 Å². The predicted octanol–water partition coefficient (Wildman–Crippen LogP) is 2.51. The van der Waals surface area contributed by atoms with Gasteiger partial charge in [-0.3, -0.25) is 0 Å². The number of guanidine groups is 1. The lowest BCUT2D eigenvalue weighted by Gasteiger charge is -2.17. The highest BCUT2D eigenvalue weighted by molar-refractivity contribution is 5.79. The molecular formula is C16H27N3O. The third-order valence-corrected chi connectivity index (χ3v) is 2.99. The Balaban J connectivity index is 2.32. The first kappa shape index (κ1) is 16.5. The first-order valence-electron chi connectivity index (χ1n) is 7.22. The number of ether oxygens (including phenoxy) is 1. The largest absolute Gasteiger partial charge is 0.385 e. The van der Waals surface area contributed by atoms with Crippen molar-refractivity contribution < 1.29 is 4.74 Å². The molecule has 0 aliphatic rings. The van der Waals surface area contributed by atoms with Gasteiger partial charge in [-0.2, -0.15) is 0 Å². The Labute approximate surface area is 122 Å². The van der Waals surface area contributed by atoms with Crippen LogP contribution in [0.4, 0.5) is 0 Å². The third-order valence-electron chi connectivity index (χ3n) is 2.99. The van der Waals surface area contributed by atoms with Gasteiger partial charge in [0, 0.05) is 34.4 Å². The number of hydrogen-bond acceptors (Lipinski definition) is 2. The molecule has 0 saturated carbocycles. The average molecular weight is 277 g/mol. The van der Waals surface area contributed by atoms with Crippen LogP contribution in [0.3, 0.4) is 0 Å². The maximum atomic E-state index is 5.04. The molecule has 0 unspecified atom stereocenters. The Morgan fingerprint density at radius 3 is 2.55 bits per heavy atom. The second-order valence-electron chi connectivity index (χ2n) is 5.00. The monoisotopic (exact) mass is 277 g/mol. The lowest BCUT2D eigenvalue weighted by atomic mass is 10.2. The van der Waals surface area contributed by atoms with Crippen molar-refractivity contribution in [1.82, 2.24) is 10.2 Å². The molecule has 112 valence electrons. The van der Waals surface area contributed by atoms with Gasteiger partial charge in [0.1, 0.15) is 0 Å². The van der Waals surface area contributed by atoms with Crippen LogP contribution < -0.4 is 5.32 Å². The lowest BCUT2D eigenvalue weighted by molar-refractivity contribution is 0.192. The van der Waals surface area contributed by atoms with E-state index in [4.69, 9.17) is 4.74 Å². The Bertz CT molecular complexity index is 377. The van der Waals surface area contributed by atoms with Crippen molar-refractivity contribution in [3.63, 3.8) is 0 Å². The molecular weight excluding hydrogens is 250 g/mol. The van der Waals surface area contributed by atoms with Crippen molar-refractivity contribution in [3.05, 3.63) is 35.9 Å². The minimum Gasteiger partial charge on any atom is -0.385 e. The summed E-state index contributed by atoms with van der Waals surface area (Å²) in [7, 11) is 5.78. The van der Waals surface area contributed by atoms with E-state index >= 15 is 0 Å². The fourth-order valence-corrected chi connectivity index (χ4v) is 1.85. The average Bonchev–Trinajstić information content (AvgIpc) is 2.46. The Hall–Kier alpha value is -1.55. The highest BCUT2D eigenvalue weighted by Crippen LogP contribution is 2.01. The number of aliphatic imine (C=N–C) groups is 1. The van der Waals surface area contributed by atoms with Crippen molar-refractivity contribution in [1.29, 1.82) is 0 Å². The van der Waals surface area contributed by atoms with Gasteiger partial charge in [0.2, 0.25) is 0 Å². The highest BCUT2D eigenvalue weighted by atomic mass is 16.5. The minimum atomic E-state index is 0.713. The first-order chi connectivity index (χ1) is 9.74. The van der Waals surface area contributed by atoms with E-state index < -0.39 is 0 Å². The smallest absolute Gasteiger partial charge is 0.193 e. The van der Waals surface area contributed by atoms with Gasteiger partial charge in [0.15, 0.2) is 5.96 Å². The summed E-state index contributed by atoms with van der Waals surface area (Å²) in [6.45, 7) is 2.52. The molecule has 20 heavy (non-hydrogen) atoms. The fraction of sp³-hybridized carbons (Fsp3) is 0.562. The standard InChI is InChI=1S/C16H27N3O/c1-19(2)16(17-12-8-5-9-13-20-3)18-14-15-10-6-4-7-11-15/h4,6-7,10-11H,5,8-9,12-14H2,1-3H3,(H,17,18). The van der Waals surface area contributed by atoms with E-state index in [1.165, 1.54) is 12.0 Å². The van der Waals surface area contributed by atoms with Crippen LogP contribution >= 0.6 is 0 Å². The van der Waals surface area contributed by atoms with E-state index in [0.717, 1.165) is 32.0 Å². The number of nitrogens with zero attached hydrogens (tertiary/aromatic N) is 2. The molecule has 4 nitrogen and oxygen atoms in total. The molecule has 0 saturated heterocycles. The summed E-state index contributed by atoms with van der Waals surface area (Å²) in [5.74, 6) is 0.945. The number of unbranched alkanes of at least 4 members (excludes halogenated alkanes) is 2. The van der Waals surface area contributed by atoms with Crippen LogP contribution in [-0.2, 0) is 11.3 Å². The molecule has 0 aliphatic carbocycles. The van der Waals surface area contributed by atoms with Crippen molar-refractivity contribution in [2.45, 2.75) is 25.8 Å². The van der Waals surface area contributed by atoms with Gasteiger partial charge in [0.05, 0.1) is 6.54 Å². The maximum Gasteiger partial charge on any atom is 0.193 e. The second-order valence-corrected chi connectivity index (χ2v) is 5.00. The predicted molar refractivity (Wildman–Crippen MR) is 85.0 cm³/mol. The zero-order chi connectivity index (χ0) is 14.6. The number of hydrogen-bond donors (Lipinski definition) is 1. The number of nitrogens with one attached hydrogen (secondary N) is 1. The van der Waals surface area contributed by atoms with Crippen LogP contribution in [0.2, 0.25) is 0 Å². The fourth-order valence-electron chi connectivity index (χ4n) is 1.85. The second kappa shape index (κ2) is 10.3. The van der Waals surface area contributed by atoms with Crippen LogP contribution in [0.1, 0.15) is 24.8 Å². The van der Waals surface area contributed by atoms with E-state index in [-0.39, 0.29) is 0 Å². The third kappa shape index (κ3) is 7.14. The van der Waals surface area contributed by atoms with Gasteiger partial charge in [-0.05, 0) is 24.8 Å². The Morgan fingerprint density at radius 1 is 1.15 bits per heavy atom. The molecule has 1 aromatic carbocycles. The number of rotatable bonds is 8. The lowest BCUT2D eigenvalue weighted by Crippen LogP contribution is -2.37. The Morgan fingerprint density at radius 2 is 1.90 bits per heavy atom. The van der Waals surface area contributed by atoms with Gasteiger partial charge >= 0.3 is 0 Å². The van der Waals surface area contributed by atoms with E-state index in [9.17, 15) is 0 Å². The van der Waals surface area contributed by atoms with Gasteiger partial charge in [-0.25, -0.2) is 4.99 Å². The van der Waals surface area contributed by atoms with Gasteiger partial charge in [-0.15, -0.1) is 0 Å². The molecule has 0 spiro atoms. The zero-order valence-electron chi connectivity index (χ0n) is 12.9. The molecule has 0 amide bonds. The molecule has 1 aromatic rings. The quantitative estimate of drug-likeness (QED) is 0.451. The topological polar surface area (TPSA) is 36.9 Å². The van der Waals surface area contributed by atoms with E-state index in [0.29, 0.717) is 6.54 Å². The van der Waals surface area contributed by atoms with Gasteiger partial charge < -0.3 is 15.0 Å². The van der Waals surface area contributed by atoms with E-state index in [2.05, 4.69) is 22.4 Å². The minimum absolute atomic E-state index is 0.713. The molecule has 4 heteroatoms. The highest BCUT2D eigenvalue weighted by Gasteiger charge is 2.00. The molecule has 0 aliphatic heterocycles. The molecule has 0 radical (unpaired) electrons. The summed E-state index contributed by atoms with van der Waals surface area (Å²) in [5, 5.41) is 3.40. The van der Waals surface area contributed by atoms with Crippen molar-refractivity contribution in [2.75, 3.05) is 34.4 Å². The summed E-state index contributed by atoms with van der Waals surface area (Å²) in [6.07, 6.45) is 3.44. The first-order valence-corrected chi connectivity index (χ1v) is 7.22. The molecule has 0 fully saturated rings. The summed E-state index contributed by atoms with van der Waals surface area (Å²) in [5.41, 5.74) is 1.23. The molecule has 1 rings (SSSR count). The van der Waals surface area contributed by atoms with Crippen LogP contribution in [0.5, 0.6) is 0 Å². The molecule has 1 N–H and O–H groups in total. The summed E-state index contributed by atoms with van der Waals surface area (Å²) in [4.78, 5) is 6.66. The van der Waals surface area contributed by atoms with Crippen LogP contribution in [0.25, 0.3) is 0 Å². The number of methoxy groups -OCH3 is 1. The van der Waals surface area contributed by atoms with Gasteiger partial charge in [-0.1, -0.05) is 30.3 Å². The Kier molecular flexibility index (Phi) is 8.47. The van der Waals surface area contributed by atoms with E-state index in [1.807, 2.05) is 37.2 Å². The van der Waals surface area contributed by atoms with Crippen molar-refractivity contribution >= 4 is 5.96 Å². The molecule has 0 bridgehead atoms. The summed E-state index contributed by atoms with van der Waals surface area (Å²) in [6, 6.07) is 10.3. The normalized spacial score (nSPS) is 11.4. The summed E-state index contributed by atoms with van der Waals surface area (Å²) < 4.78 is 5.04. The van der Waals surface area contributed by atoms with Crippen LogP contribution in [-0.4, -0.2) is 45.2 Å². The zero-order valence-corrected chi connectivity index (χ0v) is 12.9. The molecule has 0 atom stereocenters. The summed E-state index contributed by atoms with van der Waals surface area (Å²) >= 11 is 0. The molecule has 0 heterocycles. The van der Waals surface area contributed by atoms with E-state index in [1.54, 1.807) is 7.11 Å².